The number of aliphatic carboxylic acids is 1. The predicted molar refractivity (Wildman–Crippen MR) is 99.8 cm³/mol. The molecule has 0 aromatic heterocycles. The molecule has 0 fully saturated rings. The van der Waals surface area contributed by atoms with Crippen LogP contribution < -0.4 is 9.47 Å². The lowest BCUT2D eigenvalue weighted by Crippen LogP contribution is -2.34. The second kappa shape index (κ2) is 9.40. The number of carboxylic acid groups (broad SMARTS) is 1. The highest BCUT2D eigenvalue weighted by Crippen LogP contribution is 2.30. The fourth-order valence-corrected chi connectivity index (χ4v) is 2.47. The molecule has 1 amide bonds. The Labute approximate surface area is 162 Å². The van der Waals surface area contributed by atoms with Crippen LogP contribution >= 0.6 is 0 Å². The van der Waals surface area contributed by atoms with Crippen molar-refractivity contribution in [3.05, 3.63) is 59.7 Å². The molecule has 0 aliphatic carbocycles. The molecule has 8 nitrogen and oxygen atoms in total. The Balaban J connectivity index is 2.43. The van der Waals surface area contributed by atoms with Gasteiger partial charge < -0.3 is 24.2 Å². The van der Waals surface area contributed by atoms with E-state index in [9.17, 15) is 14.4 Å². The van der Waals surface area contributed by atoms with Crippen molar-refractivity contribution in [1.29, 1.82) is 0 Å². The largest absolute Gasteiger partial charge is 0.497 e. The number of nitrogens with zero attached hydrogens (tertiary/aromatic N) is 1. The van der Waals surface area contributed by atoms with Crippen LogP contribution in [0.1, 0.15) is 22.0 Å². The number of hydrogen-bond acceptors (Lipinski definition) is 6. The molecule has 148 valence electrons. The molecule has 1 atom stereocenters. The lowest BCUT2D eigenvalue weighted by atomic mass is 9.99. The van der Waals surface area contributed by atoms with Crippen molar-refractivity contribution in [2.24, 2.45) is 0 Å². The van der Waals surface area contributed by atoms with Gasteiger partial charge in [-0.3, -0.25) is 9.59 Å². The second-order valence-corrected chi connectivity index (χ2v) is 5.89. The van der Waals surface area contributed by atoms with E-state index in [2.05, 4.69) is 0 Å². The van der Waals surface area contributed by atoms with Crippen molar-refractivity contribution in [2.45, 2.75) is 6.10 Å². The van der Waals surface area contributed by atoms with E-state index in [1.165, 1.54) is 21.3 Å². The lowest BCUT2D eigenvalue weighted by Gasteiger charge is -2.22. The topological polar surface area (TPSA) is 102 Å². The maximum atomic E-state index is 13.0. The molecule has 0 heterocycles. The van der Waals surface area contributed by atoms with Crippen LogP contribution in [0, 0.1) is 0 Å². The van der Waals surface area contributed by atoms with Gasteiger partial charge in [0.25, 0.3) is 0 Å². The van der Waals surface area contributed by atoms with E-state index in [0.717, 1.165) is 4.90 Å². The van der Waals surface area contributed by atoms with Crippen molar-refractivity contribution in [1.82, 2.24) is 4.90 Å². The summed E-state index contributed by atoms with van der Waals surface area (Å²) in [5.41, 5.74) is 0.671. The zero-order valence-electron chi connectivity index (χ0n) is 15.7. The maximum absolute atomic E-state index is 13.0. The molecular formula is C20H21NO7. The van der Waals surface area contributed by atoms with Crippen LogP contribution in [-0.2, 0) is 9.53 Å². The van der Waals surface area contributed by atoms with E-state index >= 15 is 0 Å². The van der Waals surface area contributed by atoms with Gasteiger partial charge >= 0.3 is 12.1 Å². The highest BCUT2D eigenvalue weighted by atomic mass is 16.6. The number of hydrogen-bond donors (Lipinski definition) is 1. The molecule has 1 unspecified atom stereocenters. The Morgan fingerprint density at radius 3 is 2.07 bits per heavy atom. The second-order valence-electron chi connectivity index (χ2n) is 5.89. The molecule has 0 spiro atoms. The first kappa shape index (κ1) is 20.8. The Hall–Kier alpha value is -3.55. The molecule has 0 aliphatic heterocycles. The van der Waals surface area contributed by atoms with Crippen molar-refractivity contribution < 1.29 is 33.7 Å². The number of Topliss-reactive ketones (excluding diaryl/α,β-unsaturated/α-hetero) is 1. The summed E-state index contributed by atoms with van der Waals surface area (Å²) >= 11 is 0. The van der Waals surface area contributed by atoms with Gasteiger partial charge in [-0.05, 0) is 12.1 Å². The minimum atomic E-state index is -1.31. The third-order valence-electron chi connectivity index (χ3n) is 3.88. The summed E-state index contributed by atoms with van der Waals surface area (Å²) in [6, 6.07) is 13.1. The van der Waals surface area contributed by atoms with Crippen molar-refractivity contribution >= 4 is 17.8 Å². The van der Waals surface area contributed by atoms with E-state index < -0.39 is 30.5 Å². The quantitative estimate of drug-likeness (QED) is 0.695. The van der Waals surface area contributed by atoms with Crippen LogP contribution in [-0.4, -0.2) is 55.7 Å². The Morgan fingerprint density at radius 1 is 1.00 bits per heavy atom. The number of likely N-dealkylation sites (N-methyl/N-ethyl adjacent to an activating group) is 1. The minimum absolute atomic E-state index is 0.335. The highest BCUT2D eigenvalue weighted by molar-refractivity contribution is 6.01. The van der Waals surface area contributed by atoms with Crippen LogP contribution in [0.5, 0.6) is 11.5 Å². The van der Waals surface area contributed by atoms with Crippen LogP contribution in [0.15, 0.2) is 48.5 Å². The monoisotopic (exact) mass is 387 g/mol. The molecule has 8 heteroatoms. The number of ether oxygens (including phenoxy) is 3. The summed E-state index contributed by atoms with van der Waals surface area (Å²) in [5.74, 6) is -0.841. The minimum Gasteiger partial charge on any atom is -0.497 e. The number of methoxy groups -OCH3 is 2. The van der Waals surface area contributed by atoms with Crippen LogP contribution in [0.25, 0.3) is 0 Å². The molecule has 2 rings (SSSR count). The number of rotatable bonds is 8. The molecule has 2 aromatic rings. The van der Waals surface area contributed by atoms with Gasteiger partial charge in [-0.1, -0.05) is 30.3 Å². The Bertz CT molecular complexity index is 829. The van der Waals surface area contributed by atoms with Gasteiger partial charge in [0.15, 0.2) is 6.10 Å². The standard InChI is InChI=1S/C20H21NO7/c1-21(12-17(22)23)20(25)28-19(18(24)13-7-5-4-6-8-13)14-9-15(26-2)11-16(10-14)27-3/h4-11,19H,12H2,1-3H3,(H,22,23). The zero-order valence-corrected chi connectivity index (χ0v) is 15.7. The first-order valence-corrected chi connectivity index (χ1v) is 8.31. The van der Waals surface area contributed by atoms with Gasteiger partial charge in [0, 0.05) is 24.2 Å². The third-order valence-corrected chi connectivity index (χ3v) is 3.88. The van der Waals surface area contributed by atoms with Crippen LogP contribution in [0.4, 0.5) is 4.79 Å². The molecule has 2 aromatic carbocycles. The number of carbonyl (C=O) groups is 3. The third kappa shape index (κ3) is 5.23. The molecular weight excluding hydrogens is 366 g/mol. The molecule has 28 heavy (non-hydrogen) atoms. The normalized spacial score (nSPS) is 11.2. The number of benzene rings is 2. The van der Waals surface area contributed by atoms with Gasteiger partial charge in [0.2, 0.25) is 5.78 Å². The van der Waals surface area contributed by atoms with Crippen molar-refractivity contribution in [3.8, 4) is 11.5 Å². The van der Waals surface area contributed by atoms with Gasteiger partial charge in [-0.15, -0.1) is 0 Å². The first-order valence-electron chi connectivity index (χ1n) is 8.31. The van der Waals surface area contributed by atoms with E-state index in [4.69, 9.17) is 19.3 Å². The van der Waals surface area contributed by atoms with Crippen LogP contribution in [0.3, 0.4) is 0 Å². The molecule has 0 radical (unpaired) electrons. The van der Waals surface area contributed by atoms with Gasteiger partial charge in [-0.2, -0.15) is 0 Å². The highest BCUT2D eigenvalue weighted by Gasteiger charge is 2.29. The number of ketones is 1. The average Bonchev–Trinajstić information content (AvgIpc) is 2.70. The molecule has 0 bridgehead atoms. The fourth-order valence-electron chi connectivity index (χ4n) is 2.47. The summed E-state index contributed by atoms with van der Waals surface area (Å²) in [4.78, 5) is 37.1. The van der Waals surface area contributed by atoms with Gasteiger partial charge in [0.05, 0.1) is 14.2 Å². The fraction of sp³-hybridized carbons (Fsp3) is 0.250. The molecule has 0 saturated heterocycles. The lowest BCUT2D eigenvalue weighted by molar-refractivity contribution is -0.137. The van der Waals surface area contributed by atoms with Crippen molar-refractivity contribution in [3.63, 3.8) is 0 Å². The Morgan fingerprint density at radius 2 is 1.57 bits per heavy atom. The smallest absolute Gasteiger partial charge is 0.411 e. The SMILES string of the molecule is COc1cc(OC)cc(C(OC(=O)N(C)CC(=O)O)C(=O)c2ccccc2)c1. The molecule has 1 N–H and O–H groups in total. The number of amides is 1. The maximum Gasteiger partial charge on any atom is 0.411 e. The van der Waals surface area contributed by atoms with E-state index in [1.54, 1.807) is 48.5 Å². The van der Waals surface area contributed by atoms with Gasteiger partial charge in [-0.25, -0.2) is 4.79 Å². The summed E-state index contributed by atoms with van der Waals surface area (Å²) in [6.45, 7) is -0.563. The first-order chi connectivity index (χ1) is 13.3. The van der Waals surface area contributed by atoms with E-state index in [1.807, 2.05) is 0 Å². The Kier molecular flexibility index (Phi) is 6.97. The predicted octanol–water partition coefficient (Wildman–Crippen LogP) is 2.78. The summed E-state index contributed by atoms with van der Waals surface area (Å²) < 4.78 is 15.8. The van der Waals surface area contributed by atoms with Crippen molar-refractivity contribution in [2.75, 3.05) is 27.8 Å². The summed E-state index contributed by atoms with van der Waals surface area (Å²) in [5, 5.41) is 8.86. The molecule has 0 saturated carbocycles. The van der Waals surface area contributed by atoms with Crippen LogP contribution in [0.2, 0.25) is 0 Å². The van der Waals surface area contributed by atoms with E-state index in [-0.39, 0.29) is 0 Å². The number of carboxylic acids is 1. The van der Waals surface area contributed by atoms with Gasteiger partial charge in [0.1, 0.15) is 18.0 Å². The summed E-state index contributed by atoms with van der Waals surface area (Å²) in [6.07, 6.45) is -2.26. The average molecular weight is 387 g/mol. The van der Waals surface area contributed by atoms with E-state index in [0.29, 0.717) is 22.6 Å². The summed E-state index contributed by atoms with van der Waals surface area (Å²) in [7, 11) is 4.19. The zero-order chi connectivity index (χ0) is 20.7. The molecule has 0 aliphatic rings. The number of carbonyl (C=O) groups excluding carboxylic acids is 2.